The van der Waals surface area contributed by atoms with Crippen molar-refractivity contribution < 1.29 is 0 Å². The van der Waals surface area contributed by atoms with Crippen molar-refractivity contribution in [3.63, 3.8) is 0 Å². The zero-order valence-electron chi connectivity index (χ0n) is 18.0. The fourth-order valence-electron chi connectivity index (χ4n) is 4.70. The second-order valence-electron chi connectivity index (χ2n) is 8.92. The molecule has 1 aliphatic heterocycles. The van der Waals surface area contributed by atoms with Crippen LogP contribution < -0.4 is 5.32 Å². The van der Waals surface area contributed by atoms with E-state index in [-0.39, 0.29) is 5.41 Å². The summed E-state index contributed by atoms with van der Waals surface area (Å²) >= 11 is 0. The van der Waals surface area contributed by atoms with Crippen LogP contribution in [0.3, 0.4) is 0 Å². The lowest BCUT2D eigenvalue weighted by Gasteiger charge is -2.44. The molecule has 154 valence electrons. The summed E-state index contributed by atoms with van der Waals surface area (Å²) in [7, 11) is 2.22. The molecule has 4 rings (SSSR count). The zero-order valence-corrected chi connectivity index (χ0v) is 18.0. The number of aromatic nitrogens is 4. The zero-order chi connectivity index (χ0) is 20.4. The minimum absolute atomic E-state index is 0.225. The lowest BCUT2D eigenvalue weighted by atomic mass is 9.68. The molecule has 0 aliphatic carbocycles. The summed E-state index contributed by atoms with van der Waals surface area (Å²) in [6, 6.07) is 6.27. The Morgan fingerprint density at radius 1 is 1.24 bits per heavy atom. The van der Waals surface area contributed by atoms with E-state index in [2.05, 4.69) is 65.1 Å². The second-order valence-corrected chi connectivity index (χ2v) is 8.92. The van der Waals surface area contributed by atoms with Gasteiger partial charge in [0.05, 0.1) is 11.0 Å². The molecule has 2 unspecified atom stereocenters. The molecule has 0 saturated carbocycles. The Bertz CT molecular complexity index is 966. The maximum atomic E-state index is 5.06. The van der Waals surface area contributed by atoms with Gasteiger partial charge in [0.15, 0.2) is 0 Å². The third-order valence-electron chi connectivity index (χ3n) is 6.44. The molecule has 3 heterocycles. The number of piperidine rings is 1. The average Bonchev–Trinajstić information content (AvgIpc) is 3.12. The van der Waals surface area contributed by atoms with Gasteiger partial charge in [0.2, 0.25) is 5.95 Å². The van der Waals surface area contributed by atoms with Crippen LogP contribution in [0.25, 0.3) is 11.0 Å². The minimum Gasteiger partial charge on any atom is -0.354 e. The van der Waals surface area contributed by atoms with Crippen LogP contribution in [0.1, 0.15) is 49.1 Å². The largest absolute Gasteiger partial charge is 0.354 e. The number of aromatic amines is 1. The van der Waals surface area contributed by atoms with Gasteiger partial charge in [-0.15, -0.1) is 0 Å². The van der Waals surface area contributed by atoms with Gasteiger partial charge in [0.1, 0.15) is 5.82 Å². The minimum atomic E-state index is 0.225. The highest BCUT2D eigenvalue weighted by Gasteiger charge is 2.40. The molecule has 1 aromatic carbocycles. The Labute approximate surface area is 173 Å². The molecule has 6 heteroatoms. The number of hydrogen-bond donors (Lipinski definition) is 2. The van der Waals surface area contributed by atoms with Crippen molar-refractivity contribution in [2.24, 2.45) is 5.41 Å². The summed E-state index contributed by atoms with van der Waals surface area (Å²) in [4.78, 5) is 19.7. The number of imidazole rings is 1. The van der Waals surface area contributed by atoms with Gasteiger partial charge in [0.25, 0.3) is 0 Å². The van der Waals surface area contributed by atoms with Gasteiger partial charge < -0.3 is 15.2 Å². The molecule has 1 aliphatic rings. The van der Waals surface area contributed by atoms with Crippen molar-refractivity contribution in [2.75, 3.05) is 32.0 Å². The smallest absolute Gasteiger partial charge is 0.222 e. The van der Waals surface area contributed by atoms with E-state index in [1.807, 2.05) is 6.07 Å². The van der Waals surface area contributed by atoms with E-state index >= 15 is 0 Å². The molecular weight excluding hydrogens is 360 g/mol. The first-order chi connectivity index (χ1) is 13.9. The normalized spacial score (nSPS) is 22.8. The predicted molar refractivity (Wildman–Crippen MR) is 118 cm³/mol. The van der Waals surface area contributed by atoms with Crippen molar-refractivity contribution >= 4 is 17.0 Å². The number of nitrogens with zero attached hydrogens (tertiary/aromatic N) is 4. The second kappa shape index (κ2) is 8.11. The molecule has 6 nitrogen and oxygen atoms in total. The first-order valence-electron chi connectivity index (χ1n) is 10.6. The van der Waals surface area contributed by atoms with Crippen molar-refractivity contribution in [1.29, 1.82) is 0 Å². The molecule has 0 amide bonds. The summed E-state index contributed by atoms with van der Waals surface area (Å²) < 4.78 is 0. The number of benzene rings is 1. The number of likely N-dealkylation sites (tertiary alicyclic amines) is 1. The molecule has 2 atom stereocenters. The maximum absolute atomic E-state index is 5.06. The van der Waals surface area contributed by atoms with Crippen LogP contribution in [-0.2, 0) is 0 Å². The fourth-order valence-corrected chi connectivity index (χ4v) is 4.70. The van der Waals surface area contributed by atoms with Gasteiger partial charge in [-0.1, -0.05) is 13.0 Å². The highest BCUT2D eigenvalue weighted by molar-refractivity contribution is 5.79. The Morgan fingerprint density at radius 3 is 2.83 bits per heavy atom. The van der Waals surface area contributed by atoms with Crippen molar-refractivity contribution in [2.45, 2.75) is 46.0 Å². The molecule has 0 spiro atoms. The summed E-state index contributed by atoms with van der Waals surface area (Å²) in [5.74, 6) is 2.25. The molecule has 1 fully saturated rings. The van der Waals surface area contributed by atoms with E-state index in [1.165, 1.54) is 17.5 Å². The first-order valence-corrected chi connectivity index (χ1v) is 10.6. The van der Waals surface area contributed by atoms with Crippen LogP contribution in [0.5, 0.6) is 0 Å². The SMILES string of the molecule is Cc1cc(C)c2nc(C3CN(C)CCC3(C)CCCNc3ncccn3)[nH]c2c1. The van der Waals surface area contributed by atoms with E-state index in [0.717, 1.165) is 49.3 Å². The third-order valence-corrected chi connectivity index (χ3v) is 6.44. The Kier molecular flexibility index (Phi) is 5.54. The Morgan fingerprint density at radius 2 is 2.03 bits per heavy atom. The highest BCUT2D eigenvalue weighted by atomic mass is 15.1. The molecule has 0 radical (unpaired) electrons. The summed E-state index contributed by atoms with van der Waals surface area (Å²) in [6.45, 7) is 9.82. The van der Waals surface area contributed by atoms with Crippen molar-refractivity contribution in [1.82, 2.24) is 24.8 Å². The van der Waals surface area contributed by atoms with E-state index < -0.39 is 0 Å². The molecule has 2 aromatic heterocycles. The van der Waals surface area contributed by atoms with Gasteiger partial charge in [-0.3, -0.25) is 0 Å². The summed E-state index contributed by atoms with van der Waals surface area (Å²) in [5.41, 5.74) is 5.03. The number of fused-ring (bicyclic) bond motifs is 1. The number of anilines is 1. The predicted octanol–water partition coefficient (Wildman–Crippen LogP) is 4.29. The van der Waals surface area contributed by atoms with Gasteiger partial charge in [-0.25, -0.2) is 15.0 Å². The quantitative estimate of drug-likeness (QED) is 0.613. The number of rotatable bonds is 6. The topological polar surface area (TPSA) is 69.7 Å². The maximum Gasteiger partial charge on any atom is 0.222 e. The van der Waals surface area contributed by atoms with Crippen LogP contribution in [0.4, 0.5) is 5.95 Å². The van der Waals surface area contributed by atoms with Crippen LogP contribution in [0.15, 0.2) is 30.6 Å². The standard InChI is InChI=1S/C23H32N6/c1-16-13-17(2)20-19(14-16)27-21(28-20)18-15-29(4)12-8-23(18,3)7-5-9-24-22-25-10-6-11-26-22/h6,10-11,13-14,18H,5,7-9,12,15H2,1-4H3,(H,27,28)(H,24,25,26). The highest BCUT2D eigenvalue weighted by Crippen LogP contribution is 2.45. The lowest BCUT2D eigenvalue weighted by molar-refractivity contribution is 0.0929. The Balaban J connectivity index is 1.51. The number of aryl methyl sites for hydroxylation is 2. The molecule has 2 N–H and O–H groups in total. The van der Waals surface area contributed by atoms with Crippen LogP contribution in [-0.4, -0.2) is 51.5 Å². The van der Waals surface area contributed by atoms with Gasteiger partial charge >= 0.3 is 0 Å². The number of nitrogens with one attached hydrogen (secondary N) is 2. The van der Waals surface area contributed by atoms with E-state index in [1.54, 1.807) is 12.4 Å². The van der Waals surface area contributed by atoms with E-state index in [9.17, 15) is 0 Å². The first kappa shape index (κ1) is 19.8. The lowest BCUT2D eigenvalue weighted by Crippen LogP contribution is -2.43. The molecule has 1 saturated heterocycles. The molecule has 0 bridgehead atoms. The van der Waals surface area contributed by atoms with Crippen LogP contribution in [0, 0.1) is 19.3 Å². The Hall–Kier alpha value is -2.47. The third kappa shape index (κ3) is 4.27. The number of H-pyrrole nitrogens is 1. The molecule has 3 aromatic rings. The van der Waals surface area contributed by atoms with Gasteiger partial charge in [0, 0.05) is 31.4 Å². The van der Waals surface area contributed by atoms with Gasteiger partial charge in [-0.2, -0.15) is 0 Å². The monoisotopic (exact) mass is 392 g/mol. The van der Waals surface area contributed by atoms with Crippen molar-refractivity contribution in [3.05, 3.63) is 47.5 Å². The van der Waals surface area contributed by atoms with Crippen LogP contribution >= 0.6 is 0 Å². The van der Waals surface area contributed by atoms with Crippen LogP contribution in [0.2, 0.25) is 0 Å². The number of hydrogen-bond acceptors (Lipinski definition) is 5. The van der Waals surface area contributed by atoms with Gasteiger partial charge in [-0.05, 0) is 75.4 Å². The fraction of sp³-hybridized carbons (Fsp3) is 0.522. The van der Waals surface area contributed by atoms with E-state index in [0.29, 0.717) is 11.9 Å². The van der Waals surface area contributed by atoms with Crippen molar-refractivity contribution in [3.8, 4) is 0 Å². The summed E-state index contributed by atoms with van der Waals surface area (Å²) in [5, 5.41) is 3.34. The number of likely N-dealkylation sites (N-methyl/N-ethyl adjacent to an activating group) is 1. The molecule has 29 heavy (non-hydrogen) atoms. The summed E-state index contributed by atoms with van der Waals surface area (Å²) in [6.07, 6.45) is 6.97. The average molecular weight is 393 g/mol. The molecular formula is C23H32N6. The van der Waals surface area contributed by atoms with E-state index in [4.69, 9.17) is 4.98 Å².